The molecule has 1 aromatic carbocycles. The average molecular weight is 339 g/mol. The topological polar surface area (TPSA) is 58.0 Å². The molecule has 4 nitrogen and oxygen atoms in total. The summed E-state index contributed by atoms with van der Waals surface area (Å²) in [6, 6.07) is 15.9. The van der Waals surface area contributed by atoms with E-state index in [-0.39, 0.29) is 12.0 Å². The van der Waals surface area contributed by atoms with Gasteiger partial charge in [-0.1, -0.05) is 43.3 Å². The zero-order chi connectivity index (χ0) is 16.8. The molecule has 0 aliphatic heterocycles. The maximum absolute atomic E-state index is 9.83. The lowest BCUT2D eigenvalue weighted by Gasteiger charge is -2.28. The van der Waals surface area contributed by atoms with Gasteiger partial charge in [0.15, 0.2) is 0 Å². The minimum atomic E-state index is -0.304. The minimum Gasteiger partial charge on any atom is -0.395 e. The van der Waals surface area contributed by atoms with Crippen LogP contribution >= 0.6 is 11.3 Å². The summed E-state index contributed by atoms with van der Waals surface area (Å²) in [7, 11) is 0. The molecule has 5 heteroatoms. The predicted octanol–water partition coefficient (Wildman–Crippen LogP) is 3.24. The van der Waals surface area contributed by atoms with E-state index in [2.05, 4.69) is 39.7 Å². The van der Waals surface area contributed by atoms with Crippen LogP contribution in [0.5, 0.6) is 0 Å². The lowest BCUT2D eigenvalue weighted by molar-refractivity contribution is 0.201. The zero-order valence-electron chi connectivity index (χ0n) is 13.6. The van der Waals surface area contributed by atoms with Crippen molar-refractivity contribution in [2.75, 3.05) is 13.2 Å². The van der Waals surface area contributed by atoms with Crippen molar-refractivity contribution in [2.45, 2.75) is 18.9 Å². The molecule has 3 aromatic rings. The van der Waals surface area contributed by atoms with E-state index in [0.29, 0.717) is 13.1 Å². The Hall–Kier alpha value is -2.08. The van der Waals surface area contributed by atoms with E-state index in [1.807, 2.05) is 36.4 Å². The van der Waals surface area contributed by atoms with Crippen LogP contribution in [0.15, 0.2) is 60.1 Å². The van der Waals surface area contributed by atoms with Crippen LogP contribution in [0.4, 0.5) is 0 Å². The first-order chi connectivity index (χ1) is 11.7. The monoisotopic (exact) mass is 339 g/mol. The van der Waals surface area contributed by atoms with Crippen LogP contribution in [-0.2, 0) is 12.0 Å². The van der Waals surface area contributed by atoms with Gasteiger partial charge in [0, 0.05) is 30.1 Å². The first-order valence-corrected chi connectivity index (χ1v) is 8.82. The number of aliphatic hydroxyl groups excluding tert-OH is 1. The van der Waals surface area contributed by atoms with Crippen LogP contribution in [0, 0.1) is 0 Å². The Morgan fingerprint density at radius 3 is 2.62 bits per heavy atom. The Labute approximate surface area is 146 Å². The van der Waals surface area contributed by atoms with Crippen molar-refractivity contribution in [1.29, 1.82) is 0 Å². The summed E-state index contributed by atoms with van der Waals surface area (Å²) >= 11 is 1.60. The van der Waals surface area contributed by atoms with Crippen molar-refractivity contribution < 1.29 is 5.11 Å². The van der Waals surface area contributed by atoms with Crippen LogP contribution < -0.4 is 5.32 Å². The Bertz CT molecular complexity index is 761. The molecule has 0 fully saturated rings. The number of thiazole rings is 1. The molecule has 24 heavy (non-hydrogen) atoms. The van der Waals surface area contributed by atoms with Gasteiger partial charge in [-0.05, 0) is 17.7 Å². The van der Waals surface area contributed by atoms with Crippen LogP contribution in [-0.4, -0.2) is 28.2 Å². The summed E-state index contributed by atoms with van der Waals surface area (Å²) in [5, 5.41) is 16.2. The Morgan fingerprint density at radius 2 is 1.92 bits per heavy atom. The molecule has 0 radical (unpaired) electrons. The smallest absolute Gasteiger partial charge is 0.142 e. The molecule has 0 aliphatic rings. The molecule has 3 rings (SSSR count). The summed E-state index contributed by atoms with van der Waals surface area (Å²) in [6.45, 7) is 3.52. The second-order valence-electron chi connectivity index (χ2n) is 6.05. The number of aromatic nitrogens is 2. The molecule has 2 aromatic heterocycles. The van der Waals surface area contributed by atoms with Gasteiger partial charge >= 0.3 is 0 Å². The average Bonchev–Trinajstić information content (AvgIpc) is 3.12. The Kier molecular flexibility index (Phi) is 5.35. The number of aliphatic hydroxyl groups is 1. The molecule has 2 N–H and O–H groups in total. The van der Waals surface area contributed by atoms with Gasteiger partial charge in [0.1, 0.15) is 5.01 Å². The number of pyridine rings is 1. The van der Waals surface area contributed by atoms with Crippen molar-refractivity contribution in [3.8, 4) is 10.7 Å². The fourth-order valence-electron chi connectivity index (χ4n) is 2.55. The lowest BCUT2D eigenvalue weighted by atomic mass is 9.83. The molecule has 1 unspecified atom stereocenters. The molecule has 0 bridgehead atoms. The quantitative estimate of drug-likeness (QED) is 0.694. The highest BCUT2D eigenvalue weighted by Gasteiger charge is 2.25. The van der Waals surface area contributed by atoms with E-state index in [4.69, 9.17) is 0 Å². The highest BCUT2D eigenvalue weighted by atomic mass is 32.1. The molecular formula is C19H21N3OS. The third-order valence-electron chi connectivity index (χ3n) is 4.08. The summed E-state index contributed by atoms with van der Waals surface area (Å²) in [6.07, 6.45) is 1.78. The molecule has 124 valence electrons. The fraction of sp³-hybridized carbons (Fsp3) is 0.263. The summed E-state index contributed by atoms with van der Waals surface area (Å²) in [5.74, 6) is 0. The molecule has 0 saturated carbocycles. The van der Waals surface area contributed by atoms with E-state index >= 15 is 0 Å². The summed E-state index contributed by atoms with van der Waals surface area (Å²) in [5.41, 5.74) is 2.72. The summed E-state index contributed by atoms with van der Waals surface area (Å²) < 4.78 is 0. The number of hydrogen-bond acceptors (Lipinski definition) is 5. The Balaban J connectivity index is 1.61. The van der Waals surface area contributed by atoms with Gasteiger partial charge in [-0.15, -0.1) is 11.3 Å². The van der Waals surface area contributed by atoms with E-state index in [1.165, 1.54) is 0 Å². The van der Waals surface area contributed by atoms with E-state index in [0.717, 1.165) is 22.0 Å². The van der Waals surface area contributed by atoms with Gasteiger partial charge in [0.05, 0.1) is 18.0 Å². The summed E-state index contributed by atoms with van der Waals surface area (Å²) in [4.78, 5) is 8.96. The number of nitrogens with zero attached hydrogens (tertiary/aromatic N) is 2. The van der Waals surface area contributed by atoms with E-state index in [1.54, 1.807) is 17.5 Å². The van der Waals surface area contributed by atoms with Gasteiger partial charge in [0.2, 0.25) is 0 Å². The molecule has 0 spiro atoms. The van der Waals surface area contributed by atoms with Crippen molar-refractivity contribution in [1.82, 2.24) is 15.3 Å². The molecule has 0 aliphatic carbocycles. The number of hydrogen-bond donors (Lipinski definition) is 2. The van der Waals surface area contributed by atoms with Gasteiger partial charge in [0.25, 0.3) is 0 Å². The second kappa shape index (κ2) is 7.66. The normalized spacial score (nSPS) is 13.6. The molecule has 1 atom stereocenters. The number of rotatable bonds is 7. The first kappa shape index (κ1) is 16.8. The SMILES string of the molecule is CC(CO)(CNCc1csc(-c2ccccn2)n1)c1ccccc1. The maximum Gasteiger partial charge on any atom is 0.142 e. The van der Waals surface area contributed by atoms with E-state index in [9.17, 15) is 5.11 Å². The molecule has 0 saturated heterocycles. The van der Waals surface area contributed by atoms with Crippen molar-refractivity contribution in [3.05, 3.63) is 71.4 Å². The van der Waals surface area contributed by atoms with Gasteiger partial charge in [-0.3, -0.25) is 4.98 Å². The van der Waals surface area contributed by atoms with Crippen molar-refractivity contribution >= 4 is 11.3 Å². The number of nitrogens with one attached hydrogen (secondary N) is 1. The van der Waals surface area contributed by atoms with Gasteiger partial charge in [-0.25, -0.2) is 4.98 Å². The van der Waals surface area contributed by atoms with Gasteiger partial charge in [-0.2, -0.15) is 0 Å². The second-order valence-corrected chi connectivity index (χ2v) is 6.91. The fourth-order valence-corrected chi connectivity index (χ4v) is 3.35. The third-order valence-corrected chi connectivity index (χ3v) is 4.99. The third kappa shape index (κ3) is 3.87. The zero-order valence-corrected chi connectivity index (χ0v) is 14.5. The largest absolute Gasteiger partial charge is 0.395 e. The standard InChI is InChI=1S/C19H21N3OS/c1-19(14-23,15-7-3-2-4-8-15)13-20-11-16-12-24-18(22-16)17-9-5-6-10-21-17/h2-10,12,20,23H,11,13-14H2,1H3. The van der Waals surface area contributed by atoms with Crippen LogP contribution in [0.2, 0.25) is 0 Å². The predicted molar refractivity (Wildman–Crippen MR) is 97.9 cm³/mol. The highest BCUT2D eigenvalue weighted by Crippen LogP contribution is 2.23. The van der Waals surface area contributed by atoms with Crippen LogP contribution in [0.1, 0.15) is 18.2 Å². The highest BCUT2D eigenvalue weighted by molar-refractivity contribution is 7.13. The lowest BCUT2D eigenvalue weighted by Crippen LogP contribution is -2.38. The first-order valence-electron chi connectivity index (χ1n) is 7.94. The van der Waals surface area contributed by atoms with Crippen molar-refractivity contribution in [2.24, 2.45) is 0 Å². The van der Waals surface area contributed by atoms with E-state index < -0.39 is 0 Å². The maximum atomic E-state index is 9.83. The van der Waals surface area contributed by atoms with Crippen LogP contribution in [0.25, 0.3) is 10.7 Å². The Morgan fingerprint density at radius 1 is 1.12 bits per heavy atom. The molecular weight excluding hydrogens is 318 g/mol. The van der Waals surface area contributed by atoms with Gasteiger partial charge < -0.3 is 10.4 Å². The van der Waals surface area contributed by atoms with Crippen molar-refractivity contribution in [3.63, 3.8) is 0 Å². The molecule has 0 amide bonds. The molecule has 2 heterocycles. The van der Waals surface area contributed by atoms with Crippen LogP contribution in [0.3, 0.4) is 0 Å². The minimum absolute atomic E-state index is 0.0975. The number of benzene rings is 1.